The van der Waals surface area contributed by atoms with Crippen molar-refractivity contribution >= 4 is 11.4 Å². The van der Waals surface area contributed by atoms with Crippen LogP contribution in [0.3, 0.4) is 0 Å². The van der Waals surface area contributed by atoms with Crippen LogP contribution in [0.25, 0.3) is 0 Å². The van der Waals surface area contributed by atoms with Gasteiger partial charge in [0.15, 0.2) is 0 Å². The smallest absolute Gasteiger partial charge is 0.510 e. The van der Waals surface area contributed by atoms with Gasteiger partial charge in [-0.1, -0.05) is 0 Å². The fourth-order valence-electron chi connectivity index (χ4n) is 1.93. The molecule has 4 nitrogen and oxygen atoms in total. The summed E-state index contributed by atoms with van der Waals surface area (Å²) in [7, 11) is 4.01. The Morgan fingerprint density at radius 1 is 0.842 bits per heavy atom. The summed E-state index contributed by atoms with van der Waals surface area (Å²) >= 11 is 0. The maximum absolute atomic E-state index is 3.40. The molecule has 0 saturated heterocycles. The van der Waals surface area contributed by atoms with Crippen molar-refractivity contribution in [1.29, 1.82) is 0 Å². The summed E-state index contributed by atoms with van der Waals surface area (Å²) < 4.78 is 0. The van der Waals surface area contributed by atoms with Gasteiger partial charge in [-0.2, -0.15) is 19.4 Å². The maximum atomic E-state index is 3.40. The average Bonchev–Trinajstić information content (AvgIpc) is 2.98. The van der Waals surface area contributed by atoms with Crippen LogP contribution in [-0.2, 0) is 20.1 Å². The average molecular weight is 432 g/mol. The first-order valence-corrected chi connectivity index (χ1v) is 5.82. The number of rotatable bonds is 2. The Morgan fingerprint density at radius 3 is 1.68 bits per heavy atom. The first-order chi connectivity index (χ1) is 8.72. The van der Waals surface area contributed by atoms with Gasteiger partial charge in [-0.3, -0.25) is 0 Å². The SMILES string of the molecule is CN1C=CN(c2[c-]c(N3C=CN(C)[CH-]3)ccc2)[CH-]1.[Ir+3]. The molecule has 0 fully saturated rings. The van der Waals surface area contributed by atoms with E-state index in [0.29, 0.717) is 0 Å². The molecule has 0 bridgehead atoms. The van der Waals surface area contributed by atoms with Gasteiger partial charge in [0.2, 0.25) is 0 Å². The van der Waals surface area contributed by atoms with Crippen LogP contribution in [0.2, 0.25) is 0 Å². The van der Waals surface area contributed by atoms with Gasteiger partial charge >= 0.3 is 20.1 Å². The molecule has 5 heteroatoms. The van der Waals surface area contributed by atoms with E-state index in [9.17, 15) is 0 Å². The summed E-state index contributed by atoms with van der Waals surface area (Å²) in [5.74, 6) is 0. The predicted molar refractivity (Wildman–Crippen MR) is 72.6 cm³/mol. The van der Waals surface area contributed by atoms with Crippen LogP contribution in [0.1, 0.15) is 0 Å². The van der Waals surface area contributed by atoms with E-state index in [1.54, 1.807) is 0 Å². The summed E-state index contributed by atoms with van der Waals surface area (Å²) in [5.41, 5.74) is 2.06. The largest absolute Gasteiger partial charge is 3.00 e. The maximum Gasteiger partial charge on any atom is 3.00 e. The summed E-state index contributed by atoms with van der Waals surface area (Å²) in [6.07, 6.45) is 8.06. The predicted octanol–water partition coefficient (Wildman–Crippen LogP) is 2.17. The Labute approximate surface area is 127 Å². The second-order valence-corrected chi connectivity index (χ2v) is 4.39. The molecule has 2 aliphatic heterocycles. The zero-order valence-electron chi connectivity index (χ0n) is 10.8. The molecule has 0 N–H and O–H groups in total. The number of hydrogen-bond acceptors (Lipinski definition) is 4. The molecule has 2 aliphatic rings. The Balaban J connectivity index is 0.00000133. The Bertz CT molecular complexity index is 459. The third-order valence-electron chi connectivity index (χ3n) is 2.86. The zero-order valence-corrected chi connectivity index (χ0v) is 13.2. The van der Waals surface area contributed by atoms with E-state index in [2.05, 4.69) is 6.07 Å². The molecule has 3 rings (SSSR count). The molecule has 19 heavy (non-hydrogen) atoms. The monoisotopic (exact) mass is 432 g/mol. The van der Waals surface area contributed by atoms with E-state index in [1.165, 1.54) is 0 Å². The second-order valence-electron chi connectivity index (χ2n) is 4.39. The van der Waals surface area contributed by atoms with Crippen LogP contribution in [0.15, 0.2) is 43.0 Å². The molecule has 100 valence electrons. The van der Waals surface area contributed by atoms with Crippen molar-refractivity contribution < 1.29 is 20.1 Å². The van der Waals surface area contributed by atoms with E-state index in [4.69, 9.17) is 0 Å². The van der Waals surface area contributed by atoms with Gasteiger partial charge < -0.3 is 19.6 Å². The minimum absolute atomic E-state index is 0. The molecular formula is C14H15IrN4. The second kappa shape index (κ2) is 5.68. The third-order valence-corrected chi connectivity index (χ3v) is 2.86. The van der Waals surface area contributed by atoms with Crippen LogP contribution in [0.5, 0.6) is 0 Å². The van der Waals surface area contributed by atoms with E-state index in [1.807, 2.05) is 90.0 Å². The minimum Gasteiger partial charge on any atom is -0.510 e. The number of nitrogens with zero attached hydrogens (tertiary/aromatic N) is 4. The van der Waals surface area contributed by atoms with Crippen molar-refractivity contribution in [2.75, 3.05) is 23.9 Å². The van der Waals surface area contributed by atoms with Crippen LogP contribution < -0.4 is 9.80 Å². The van der Waals surface area contributed by atoms with Crippen LogP contribution in [0, 0.1) is 19.4 Å². The topological polar surface area (TPSA) is 13.0 Å². The summed E-state index contributed by atoms with van der Waals surface area (Å²) in [6.45, 7) is 4.04. The van der Waals surface area contributed by atoms with Gasteiger partial charge in [0.05, 0.1) is 0 Å². The van der Waals surface area contributed by atoms with E-state index in [0.717, 1.165) is 11.4 Å². The molecule has 2 heterocycles. The number of hydrogen-bond donors (Lipinski definition) is 0. The third kappa shape index (κ3) is 2.93. The van der Waals surface area contributed by atoms with Gasteiger partial charge in [0.1, 0.15) is 0 Å². The molecule has 0 atom stereocenters. The Hall–Kier alpha value is -1.45. The normalized spacial score (nSPS) is 17.4. The van der Waals surface area contributed by atoms with E-state index in [-0.39, 0.29) is 20.1 Å². The quantitative estimate of drug-likeness (QED) is 0.666. The summed E-state index contributed by atoms with van der Waals surface area (Å²) in [4.78, 5) is 8.12. The molecule has 0 saturated carbocycles. The fourth-order valence-corrected chi connectivity index (χ4v) is 1.93. The zero-order chi connectivity index (χ0) is 12.5. The van der Waals surface area contributed by atoms with Gasteiger partial charge in [-0.15, -0.1) is 29.6 Å². The first-order valence-electron chi connectivity index (χ1n) is 5.82. The summed E-state index contributed by atoms with van der Waals surface area (Å²) in [6, 6.07) is 9.54. The summed E-state index contributed by atoms with van der Waals surface area (Å²) in [5, 5.41) is 0. The Kier molecular flexibility index (Phi) is 4.17. The van der Waals surface area contributed by atoms with Crippen LogP contribution in [-0.4, -0.2) is 23.9 Å². The molecule has 0 aliphatic carbocycles. The molecule has 0 spiro atoms. The van der Waals surface area contributed by atoms with E-state index < -0.39 is 0 Å². The number of anilines is 2. The van der Waals surface area contributed by atoms with Gasteiger partial charge in [0.25, 0.3) is 0 Å². The van der Waals surface area contributed by atoms with Crippen molar-refractivity contribution in [3.05, 3.63) is 62.4 Å². The van der Waals surface area contributed by atoms with E-state index >= 15 is 0 Å². The minimum atomic E-state index is 0. The molecule has 0 unspecified atom stereocenters. The van der Waals surface area contributed by atoms with Crippen molar-refractivity contribution in [1.82, 2.24) is 9.80 Å². The molecular weight excluding hydrogens is 416 g/mol. The fraction of sp³-hybridized carbons (Fsp3) is 0.143. The van der Waals surface area contributed by atoms with Crippen LogP contribution in [0.4, 0.5) is 11.4 Å². The molecule has 0 amide bonds. The first kappa shape index (κ1) is 14.0. The molecule has 1 aromatic carbocycles. The molecule has 0 aromatic heterocycles. The van der Waals surface area contributed by atoms with Crippen molar-refractivity contribution in [3.8, 4) is 0 Å². The number of benzene rings is 1. The van der Waals surface area contributed by atoms with Gasteiger partial charge in [-0.05, 0) is 38.9 Å². The van der Waals surface area contributed by atoms with Crippen molar-refractivity contribution in [2.24, 2.45) is 0 Å². The van der Waals surface area contributed by atoms with Gasteiger partial charge in [-0.25, -0.2) is 0 Å². The standard InChI is InChI=1S/C14H15N4.Ir/c1-15-6-8-17(11-15)13-4-3-5-14(10-13)18-9-7-16(2)12-18;/h3-9,11-12H,1-2H3;/q-3;+3. The van der Waals surface area contributed by atoms with Crippen molar-refractivity contribution in [3.63, 3.8) is 0 Å². The molecule has 0 radical (unpaired) electrons. The van der Waals surface area contributed by atoms with Crippen LogP contribution >= 0.6 is 0 Å². The van der Waals surface area contributed by atoms with Crippen molar-refractivity contribution in [2.45, 2.75) is 0 Å². The Morgan fingerprint density at radius 2 is 1.32 bits per heavy atom. The molecule has 1 aromatic rings. The van der Waals surface area contributed by atoms with Gasteiger partial charge in [0, 0.05) is 0 Å².